The molecule has 0 unspecified atom stereocenters. The zero-order valence-corrected chi connectivity index (χ0v) is 12.3. The van der Waals surface area contributed by atoms with Crippen LogP contribution in [0.3, 0.4) is 0 Å². The van der Waals surface area contributed by atoms with E-state index in [1.54, 1.807) is 11.3 Å². The summed E-state index contributed by atoms with van der Waals surface area (Å²) in [6.45, 7) is 0.285. The maximum Gasteiger partial charge on any atom is 0.231 e. The number of thiophene rings is 1. The lowest BCUT2D eigenvalue weighted by atomic mass is 10.1. The van der Waals surface area contributed by atoms with Crippen molar-refractivity contribution in [2.45, 2.75) is 0 Å². The van der Waals surface area contributed by atoms with Crippen LogP contribution in [-0.2, 0) is 0 Å². The van der Waals surface area contributed by atoms with E-state index in [-0.39, 0.29) is 6.79 Å². The number of benzene rings is 2. The Hall–Kier alpha value is -2.04. The van der Waals surface area contributed by atoms with Crippen LogP contribution in [0.25, 0.3) is 31.1 Å². The molecule has 0 saturated carbocycles. The van der Waals surface area contributed by atoms with Crippen molar-refractivity contribution in [3.05, 3.63) is 41.6 Å². The summed E-state index contributed by atoms with van der Waals surface area (Å²) in [6, 6.07) is 12.1. The van der Waals surface area contributed by atoms with Crippen molar-refractivity contribution in [2.24, 2.45) is 0 Å². The Balaban J connectivity index is 2.06. The first kappa shape index (κ1) is 11.6. The number of nitrogens with zero attached hydrogens (tertiary/aromatic N) is 1. The van der Waals surface area contributed by atoms with Gasteiger partial charge in [-0.1, -0.05) is 29.8 Å². The van der Waals surface area contributed by atoms with E-state index in [1.165, 1.54) is 0 Å². The zero-order chi connectivity index (χ0) is 14.0. The van der Waals surface area contributed by atoms with E-state index in [2.05, 4.69) is 11.1 Å². The van der Waals surface area contributed by atoms with E-state index in [4.69, 9.17) is 21.1 Å². The first-order valence-corrected chi connectivity index (χ1v) is 7.71. The van der Waals surface area contributed by atoms with Gasteiger partial charge in [-0.2, -0.15) is 0 Å². The fraction of sp³-hybridized carbons (Fsp3) is 0.0625. The second-order valence-electron chi connectivity index (χ2n) is 4.93. The number of hydrogen-bond acceptors (Lipinski definition) is 4. The number of halogens is 1. The summed E-state index contributed by atoms with van der Waals surface area (Å²) >= 11 is 8.01. The summed E-state index contributed by atoms with van der Waals surface area (Å²) in [5.74, 6) is 1.58. The minimum absolute atomic E-state index is 0.285. The van der Waals surface area contributed by atoms with E-state index in [9.17, 15) is 0 Å². The van der Waals surface area contributed by atoms with Gasteiger partial charge in [0.25, 0.3) is 0 Å². The molecule has 2 aromatic heterocycles. The molecule has 4 aromatic rings. The van der Waals surface area contributed by atoms with Crippen LogP contribution in [0.1, 0.15) is 0 Å². The Kier molecular flexibility index (Phi) is 2.21. The summed E-state index contributed by atoms with van der Waals surface area (Å²) in [5.41, 5.74) is 0.910. The van der Waals surface area contributed by atoms with Crippen LogP contribution < -0.4 is 9.47 Å². The van der Waals surface area contributed by atoms with Crippen LogP contribution in [-0.4, -0.2) is 11.8 Å². The lowest BCUT2D eigenvalue weighted by molar-refractivity contribution is 0.174. The predicted octanol–water partition coefficient (Wildman–Crippen LogP) is 4.98. The monoisotopic (exact) mass is 313 g/mol. The van der Waals surface area contributed by atoms with Gasteiger partial charge in [-0.25, -0.2) is 4.98 Å². The lowest BCUT2D eigenvalue weighted by Gasteiger charge is -2.02. The standard InChI is InChI=1S/C16H8ClNO2S/c17-16-15-14(8-3-1-2-4-10(8)18-16)9-5-11-12(20-7-19-11)6-13(9)21-15/h1-6H,7H2. The molecule has 0 N–H and O–H groups in total. The van der Waals surface area contributed by atoms with Gasteiger partial charge in [-0.3, -0.25) is 0 Å². The molecule has 1 aliphatic rings. The van der Waals surface area contributed by atoms with Crippen LogP contribution >= 0.6 is 22.9 Å². The Labute approximate surface area is 128 Å². The molecule has 5 heteroatoms. The Bertz CT molecular complexity index is 1040. The predicted molar refractivity (Wildman–Crippen MR) is 85.8 cm³/mol. The average molecular weight is 314 g/mol. The molecule has 0 aliphatic carbocycles. The molecular formula is C16H8ClNO2S. The molecule has 0 radical (unpaired) electrons. The van der Waals surface area contributed by atoms with Crippen molar-refractivity contribution in [1.29, 1.82) is 0 Å². The summed E-state index contributed by atoms with van der Waals surface area (Å²) in [4.78, 5) is 4.49. The molecule has 3 heterocycles. The van der Waals surface area contributed by atoms with Gasteiger partial charge in [-0.05, 0) is 12.1 Å². The summed E-state index contributed by atoms with van der Waals surface area (Å²) in [6.07, 6.45) is 0. The number of rotatable bonds is 0. The largest absolute Gasteiger partial charge is 0.454 e. The number of hydrogen-bond donors (Lipinski definition) is 0. The van der Waals surface area contributed by atoms with Gasteiger partial charge in [0.15, 0.2) is 11.5 Å². The molecule has 3 nitrogen and oxygen atoms in total. The van der Waals surface area contributed by atoms with E-state index in [0.29, 0.717) is 5.15 Å². The maximum atomic E-state index is 6.37. The molecule has 0 saturated heterocycles. The minimum atomic E-state index is 0.285. The topological polar surface area (TPSA) is 31.4 Å². The van der Waals surface area contributed by atoms with Gasteiger partial charge < -0.3 is 9.47 Å². The minimum Gasteiger partial charge on any atom is -0.454 e. The van der Waals surface area contributed by atoms with Gasteiger partial charge in [-0.15, -0.1) is 11.3 Å². The molecular weight excluding hydrogens is 306 g/mol. The number of fused-ring (bicyclic) bond motifs is 6. The molecule has 21 heavy (non-hydrogen) atoms. The van der Waals surface area contributed by atoms with E-state index < -0.39 is 0 Å². The van der Waals surface area contributed by atoms with Crippen LogP contribution in [0.2, 0.25) is 5.15 Å². The summed E-state index contributed by atoms with van der Waals surface area (Å²) in [5, 5.41) is 3.94. The summed E-state index contributed by atoms with van der Waals surface area (Å²) in [7, 11) is 0. The van der Waals surface area contributed by atoms with Crippen molar-refractivity contribution in [3.63, 3.8) is 0 Å². The molecule has 1 aliphatic heterocycles. The second-order valence-corrected chi connectivity index (χ2v) is 6.34. The number of ether oxygens (including phenoxy) is 2. The van der Waals surface area contributed by atoms with Crippen molar-refractivity contribution >= 4 is 54.0 Å². The molecule has 0 bridgehead atoms. The maximum absolute atomic E-state index is 6.37. The third kappa shape index (κ3) is 1.51. The number of aromatic nitrogens is 1. The van der Waals surface area contributed by atoms with E-state index in [0.717, 1.165) is 42.6 Å². The SMILES string of the molecule is Clc1nc2ccccc2c2c1sc1cc3c(cc12)OCO3. The van der Waals surface area contributed by atoms with E-state index >= 15 is 0 Å². The van der Waals surface area contributed by atoms with Crippen molar-refractivity contribution in [1.82, 2.24) is 4.98 Å². The highest BCUT2D eigenvalue weighted by Crippen LogP contribution is 2.46. The normalized spacial score (nSPS) is 13.6. The quantitative estimate of drug-likeness (QED) is 0.429. The molecule has 102 valence electrons. The second kappa shape index (κ2) is 4.00. The first-order valence-electron chi connectivity index (χ1n) is 6.51. The van der Waals surface area contributed by atoms with Crippen molar-refractivity contribution in [2.75, 3.05) is 6.79 Å². The number of para-hydroxylation sites is 1. The molecule has 0 fully saturated rings. The molecule has 0 spiro atoms. The van der Waals surface area contributed by atoms with Crippen LogP contribution in [0.15, 0.2) is 36.4 Å². The van der Waals surface area contributed by atoms with Gasteiger partial charge in [0.05, 0.1) is 10.2 Å². The third-order valence-corrected chi connectivity index (χ3v) is 5.31. The highest BCUT2D eigenvalue weighted by Gasteiger charge is 2.19. The van der Waals surface area contributed by atoms with Crippen molar-refractivity contribution in [3.8, 4) is 11.5 Å². The van der Waals surface area contributed by atoms with Crippen LogP contribution in [0.5, 0.6) is 11.5 Å². The molecule has 2 aromatic carbocycles. The first-order chi connectivity index (χ1) is 10.3. The molecule has 5 rings (SSSR count). The lowest BCUT2D eigenvalue weighted by Crippen LogP contribution is -1.92. The fourth-order valence-corrected chi connectivity index (χ4v) is 4.25. The van der Waals surface area contributed by atoms with Gasteiger partial charge in [0, 0.05) is 26.9 Å². The van der Waals surface area contributed by atoms with Crippen LogP contribution in [0.4, 0.5) is 0 Å². The Morgan fingerprint density at radius 1 is 1.05 bits per heavy atom. The fourth-order valence-electron chi connectivity index (χ4n) is 2.84. The van der Waals surface area contributed by atoms with E-state index in [1.807, 2.05) is 30.3 Å². The third-order valence-electron chi connectivity index (χ3n) is 3.76. The zero-order valence-electron chi connectivity index (χ0n) is 10.7. The van der Waals surface area contributed by atoms with Crippen molar-refractivity contribution < 1.29 is 9.47 Å². The average Bonchev–Trinajstić information content (AvgIpc) is 3.09. The molecule has 0 amide bonds. The summed E-state index contributed by atoms with van der Waals surface area (Å²) < 4.78 is 13.1. The Morgan fingerprint density at radius 2 is 1.86 bits per heavy atom. The Morgan fingerprint density at radius 3 is 2.76 bits per heavy atom. The smallest absolute Gasteiger partial charge is 0.231 e. The highest BCUT2D eigenvalue weighted by molar-refractivity contribution is 7.26. The highest BCUT2D eigenvalue weighted by atomic mass is 35.5. The van der Waals surface area contributed by atoms with Gasteiger partial charge >= 0.3 is 0 Å². The number of pyridine rings is 1. The van der Waals surface area contributed by atoms with Gasteiger partial charge in [0.2, 0.25) is 6.79 Å². The van der Waals surface area contributed by atoms with Crippen LogP contribution in [0, 0.1) is 0 Å². The molecule has 0 atom stereocenters. The van der Waals surface area contributed by atoms with Gasteiger partial charge in [0.1, 0.15) is 5.15 Å².